The fourth-order valence-electron chi connectivity index (χ4n) is 2.21. The number of carbonyl (C=O) groups excluding carboxylic acids is 1. The van der Waals surface area contributed by atoms with E-state index in [1.807, 2.05) is 6.07 Å². The predicted molar refractivity (Wildman–Crippen MR) is 93.1 cm³/mol. The van der Waals surface area contributed by atoms with Gasteiger partial charge in [-0.25, -0.2) is 17.8 Å². The zero-order valence-electron chi connectivity index (χ0n) is 13.6. The van der Waals surface area contributed by atoms with Gasteiger partial charge in [0.1, 0.15) is 6.33 Å². The summed E-state index contributed by atoms with van der Waals surface area (Å²) in [5.41, 5.74) is 1.04. The van der Waals surface area contributed by atoms with Crippen molar-refractivity contribution in [3.05, 3.63) is 66.5 Å². The van der Waals surface area contributed by atoms with E-state index < -0.39 is 10.0 Å². The summed E-state index contributed by atoms with van der Waals surface area (Å²) in [6, 6.07) is 14.9. The minimum absolute atomic E-state index is 0.0655. The molecule has 3 rings (SSSR count). The van der Waals surface area contributed by atoms with E-state index in [2.05, 4.69) is 25.6 Å². The summed E-state index contributed by atoms with van der Waals surface area (Å²) >= 11 is 0. The molecule has 26 heavy (non-hydrogen) atoms. The molecule has 0 aliphatic heterocycles. The first-order chi connectivity index (χ1) is 12.6. The van der Waals surface area contributed by atoms with Crippen LogP contribution in [0.3, 0.4) is 0 Å². The molecule has 0 unspecified atom stereocenters. The molecule has 2 N–H and O–H groups in total. The number of nitrogens with one attached hydrogen (secondary N) is 2. The van der Waals surface area contributed by atoms with Gasteiger partial charge in [-0.05, 0) is 40.8 Å². The maximum absolute atomic E-state index is 12.4. The Bertz CT molecular complexity index is 974. The zero-order chi connectivity index (χ0) is 18.4. The molecular weight excluding hydrogens is 356 g/mol. The van der Waals surface area contributed by atoms with Crippen molar-refractivity contribution >= 4 is 15.9 Å². The number of hydrogen-bond acceptors (Lipinski definition) is 6. The number of benzene rings is 2. The van der Waals surface area contributed by atoms with Crippen LogP contribution >= 0.6 is 0 Å². The SMILES string of the molecule is O=C(NCCNS(=O)(=O)c1cccc(-n2cnnn2)c1)c1ccccc1. The van der Waals surface area contributed by atoms with Gasteiger partial charge in [-0.3, -0.25) is 4.79 Å². The van der Waals surface area contributed by atoms with Crippen LogP contribution in [0.2, 0.25) is 0 Å². The van der Waals surface area contributed by atoms with Gasteiger partial charge in [0, 0.05) is 18.7 Å². The van der Waals surface area contributed by atoms with E-state index >= 15 is 0 Å². The quantitative estimate of drug-likeness (QED) is 0.579. The standard InChI is InChI=1S/C16H16N6O3S/c23-16(13-5-2-1-3-6-13)17-9-10-19-26(24,25)15-8-4-7-14(11-15)22-12-18-20-21-22/h1-8,11-12,19H,9-10H2,(H,17,23). The van der Waals surface area contributed by atoms with Gasteiger partial charge < -0.3 is 5.32 Å². The van der Waals surface area contributed by atoms with Gasteiger partial charge in [0.25, 0.3) is 5.91 Å². The summed E-state index contributed by atoms with van der Waals surface area (Å²) in [5.74, 6) is -0.259. The molecule has 0 spiro atoms. The lowest BCUT2D eigenvalue weighted by Crippen LogP contribution is -2.34. The summed E-state index contributed by atoms with van der Waals surface area (Å²) < 4.78 is 28.6. The van der Waals surface area contributed by atoms with Crippen LogP contribution in [0.4, 0.5) is 0 Å². The van der Waals surface area contributed by atoms with E-state index in [0.29, 0.717) is 11.3 Å². The summed E-state index contributed by atoms with van der Waals surface area (Å²) in [6.45, 7) is 0.232. The van der Waals surface area contributed by atoms with Crippen LogP contribution < -0.4 is 10.0 Å². The maximum atomic E-state index is 12.4. The second-order valence-electron chi connectivity index (χ2n) is 5.27. The highest BCUT2D eigenvalue weighted by molar-refractivity contribution is 7.89. The fraction of sp³-hybridized carbons (Fsp3) is 0.125. The minimum Gasteiger partial charge on any atom is -0.351 e. The van der Waals surface area contributed by atoms with Crippen LogP contribution in [0.25, 0.3) is 5.69 Å². The number of hydrogen-bond donors (Lipinski definition) is 2. The third-order valence-electron chi connectivity index (χ3n) is 3.48. The molecular formula is C16H16N6O3S. The molecule has 0 bridgehead atoms. The Morgan fingerprint density at radius 2 is 1.85 bits per heavy atom. The topological polar surface area (TPSA) is 119 Å². The third kappa shape index (κ3) is 4.29. The largest absolute Gasteiger partial charge is 0.351 e. The Hall–Kier alpha value is -3.11. The van der Waals surface area contributed by atoms with Crippen LogP contribution in [0.1, 0.15) is 10.4 Å². The molecule has 1 heterocycles. The van der Waals surface area contributed by atoms with Crippen LogP contribution in [-0.4, -0.2) is 47.6 Å². The first-order valence-corrected chi connectivity index (χ1v) is 9.21. The van der Waals surface area contributed by atoms with E-state index in [0.717, 1.165) is 0 Å². The van der Waals surface area contributed by atoms with Gasteiger partial charge in [-0.15, -0.1) is 5.10 Å². The van der Waals surface area contributed by atoms with Gasteiger partial charge >= 0.3 is 0 Å². The van der Waals surface area contributed by atoms with Crippen molar-refractivity contribution in [1.29, 1.82) is 0 Å². The predicted octanol–water partition coefficient (Wildman–Crippen LogP) is 0.371. The molecule has 10 heteroatoms. The van der Waals surface area contributed by atoms with Gasteiger partial charge in [0.2, 0.25) is 10.0 Å². The average molecular weight is 372 g/mol. The summed E-state index contributed by atoms with van der Waals surface area (Å²) in [6.07, 6.45) is 1.37. The third-order valence-corrected chi connectivity index (χ3v) is 4.94. The number of nitrogens with zero attached hydrogens (tertiary/aromatic N) is 4. The highest BCUT2D eigenvalue weighted by Gasteiger charge is 2.14. The van der Waals surface area contributed by atoms with Crippen molar-refractivity contribution in [2.45, 2.75) is 4.90 Å². The Kier molecular flexibility index (Phi) is 5.34. The summed E-state index contributed by atoms with van der Waals surface area (Å²) in [5, 5.41) is 13.4. The van der Waals surface area contributed by atoms with E-state index in [9.17, 15) is 13.2 Å². The van der Waals surface area contributed by atoms with Crippen LogP contribution in [-0.2, 0) is 10.0 Å². The Balaban J connectivity index is 1.58. The molecule has 1 aromatic heterocycles. The lowest BCUT2D eigenvalue weighted by atomic mass is 10.2. The number of amides is 1. The molecule has 0 atom stereocenters. The Labute approximate surface area is 150 Å². The highest BCUT2D eigenvalue weighted by Crippen LogP contribution is 2.13. The van der Waals surface area contributed by atoms with E-state index in [4.69, 9.17) is 0 Å². The molecule has 134 valence electrons. The van der Waals surface area contributed by atoms with Crippen LogP contribution in [0.15, 0.2) is 65.8 Å². The smallest absolute Gasteiger partial charge is 0.251 e. The molecule has 0 radical (unpaired) electrons. The number of carbonyl (C=O) groups is 1. The second kappa shape index (κ2) is 7.85. The first-order valence-electron chi connectivity index (χ1n) is 7.72. The number of aromatic nitrogens is 4. The van der Waals surface area contributed by atoms with Crippen molar-refractivity contribution in [3.8, 4) is 5.69 Å². The lowest BCUT2D eigenvalue weighted by Gasteiger charge is -2.09. The van der Waals surface area contributed by atoms with Gasteiger partial charge in [0.05, 0.1) is 10.6 Å². The van der Waals surface area contributed by atoms with Crippen LogP contribution in [0, 0.1) is 0 Å². The van der Waals surface area contributed by atoms with Gasteiger partial charge in [-0.1, -0.05) is 24.3 Å². The molecule has 0 fully saturated rings. The molecule has 9 nitrogen and oxygen atoms in total. The van der Waals surface area contributed by atoms with E-state index in [1.165, 1.54) is 23.1 Å². The molecule has 0 saturated carbocycles. The molecule has 1 amide bonds. The normalized spacial score (nSPS) is 11.2. The first kappa shape index (κ1) is 17.7. The Morgan fingerprint density at radius 1 is 1.04 bits per heavy atom. The molecule has 2 aromatic carbocycles. The lowest BCUT2D eigenvalue weighted by molar-refractivity contribution is 0.0954. The van der Waals surface area contributed by atoms with Crippen molar-refractivity contribution in [2.24, 2.45) is 0 Å². The van der Waals surface area contributed by atoms with Crippen molar-refractivity contribution in [2.75, 3.05) is 13.1 Å². The van der Waals surface area contributed by atoms with E-state index in [1.54, 1.807) is 36.4 Å². The molecule has 0 aliphatic carbocycles. The molecule has 0 aliphatic rings. The number of sulfonamides is 1. The zero-order valence-corrected chi connectivity index (χ0v) is 14.4. The average Bonchev–Trinajstić information content (AvgIpc) is 3.21. The van der Waals surface area contributed by atoms with Crippen molar-refractivity contribution < 1.29 is 13.2 Å². The minimum atomic E-state index is -3.72. The summed E-state index contributed by atoms with van der Waals surface area (Å²) in [7, 11) is -3.72. The fourth-order valence-corrected chi connectivity index (χ4v) is 3.28. The maximum Gasteiger partial charge on any atom is 0.251 e. The molecule has 3 aromatic rings. The van der Waals surface area contributed by atoms with Gasteiger partial charge in [-0.2, -0.15) is 0 Å². The van der Waals surface area contributed by atoms with E-state index in [-0.39, 0.29) is 23.9 Å². The highest BCUT2D eigenvalue weighted by atomic mass is 32.2. The second-order valence-corrected chi connectivity index (χ2v) is 7.04. The number of rotatable bonds is 7. The van der Waals surface area contributed by atoms with Crippen LogP contribution in [0.5, 0.6) is 0 Å². The van der Waals surface area contributed by atoms with Crippen molar-refractivity contribution in [3.63, 3.8) is 0 Å². The Morgan fingerprint density at radius 3 is 2.58 bits per heavy atom. The summed E-state index contributed by atoms with van der Waals surface area (Å²) in [4.78, 5) is 12.0. The molecule has 0 saturated heterocycles. The monoisotopic (exact) mass is 372 g/mol. The number of tetrazole rings is 1. The van der Waals surface area contributed by atoms with Gasteiger partial charge in [0.15, 0.2) is 0 Å². The van der Waals surface area contributed by atoms with Crippen molar-refractivity contribution in [1.82, 2.24) is 30.2 Å².